The van der Waals surface area contributed by atoms with Gasteiger partial charge in [0, 0.05) is 83.4 Å². The van der Waals surface area contributed by atoms with Gasteiger partial charge in [-0.15, -0.1) is 0 Å². The molecule has 3 fully saturated rings. The van der Waals surface area contributed by atoms with Gasteiger partial charge in [0.1, 0.15) is 12.2 Å². The van der Waals surface area contributed by atoms with Crippen molar-refractivity contribution in [3.8, 4) is 11.3 Å². The van der Waals surface area contributed by atoms with Crippen LogP contribution in [0.3, 0.4) is 0 Å². The molecule has 0 aliphatic carbocycles. The molecule has 0 unspecified atom stereocenters. The second-order valence-corrected chi connectivity index (χ2v) is 21.1. The number of hydrogen-bond acceptors (Lipinski definition) is 8. The third kappa shape index (κ3) is 7.16. The Morgan fingerprint density at radius 2 is 1.67 bits per heavy atom. The van der Waals surface area contributed by atoms with Gasteiger partial charge in [-0.3, -0.25) is 4.90 Å². The number of anilines is 1. The van der Waals surface area contributed by atoms with E-state index in [9.17, 15) is 0 Å². The summed E-state index contributed by atoms with van der Waals surface area (Å²) in [5.41, 5.74) is 6.86. The molecular weight excluding hydrogens is 581 g/mol. The predicted molar refractivity (Wildman–Crippen MR) is 184 cm³/mol. The summed E-state index contributed by atoms with van der Waals surface area (Å²) in [6.45, 7) is 23.5. The van der Waals surface area contributed by atoms with Gasteiger partial charge in [0.05, 0.1) is 30.7 Å². The molecule has 45 heavy (non-hydrogen) atoms. The summed E-state index contributed by atoms with van der Waals surface area (Å²) in [7, 11) is 1.02. The Labute approximate surface area is 270 Å². The Balaban J connectivity index is 1.40. The molecule has 3 aliphatic heterocycles. The second-order valence-electron chi connectivity index (χ2n) is 15.5. The Morgan fingerprint density at radius 3 is 2.33 bits per heavy atom. The minimum absolute atomic E-state index is 0.315. The topological polar surface area (TPSA) is 68.1 Å². The zero-order chi connectivity index (χ0) is 31.8. The Bertz CT molecular complexity index is 1460. The zero-order valence-corrected chi connectivity index (χ0v) is 29.7. The lowest BCUT2D eigenvalue weighted by Gasteiger charge is -2.39. The fourth-order valence-electron chi connectivity index (χ4n) is 6.81. The molecule has 0 amide bonds. The monoisotopic (exact) mass is 634 g/mol. The molecule has 246 valence electrons. The van der Waals surface area contributed by atoms with Crippen molar-refractivity contribution >= 4 is 24.9 Å². The van der Waals surface area contributed by atoms with Crippen LogP contribution in [-0.2, 0) is 33.3 Å². The van der Waals surface area contributed by atoms with Gasteiger partial charge < -0.3 is 28.6 Å². The van der Waals surface area contributed by atoms with Gasteiger partial charge in [-0.1, -0.05) is 40.4 Å². The number of ether oxygens (including phenoxy) is 3. The summed E-state index contributed by atoms with van der Waals surface area (Å²) in [6.07, 6.45) is 6.54. The van der Waals surface area contributed by atoms with E-state index in [0.717, 1.165) is 86.4 Å². The molecule has 0 spiro atoms. The number of fused-ring (bicyclic) bond motifs is 1. The first kappa shape index (κ1) is 32.6. The standard InChI is InChI=1S/C35H54N6O3Si/c1-34(2,3)35(43-16-17-44-35)30-25-41(26-42-18-19-45(5,6)7)33-32(30)37-31(23-36-33)28-20-27(24-39-14-12-38(4)13-15-39)21-29(22-28)40-10-8-9-11-40/h20-23,25H,8-19,24,26H2,1-7H3. The van der Waals surface area contributed by atoms with Crippen LogP contribution in [0.5, 0.6) is 0 Å². The largest absolute Gasteiger partial charge is 0.372 e. The second kappa shape index (κ2) is 13.0. The van der Waals surface area contributed by atoms with E-state index >= 15 is 0 Å². The fourth-order valence-corrected chi connectivity index (χ4v) is 7.57. The molecule has 3 aliphatic rings. The summed E-state index contributed by atoms with van der Waals surface area (Å²) in [6, 6.07) is 8.16. The summed E-state index contributed by atoms with van der Waals surface area (Å²) >= 11 is 0. The van der Waals surface area contributed by atoms with E-state index in [-0.39, 0.29) is 5.41 Å². The first-order valence-corrected chi connectivity index (χ1v) is 20.6. The molecule has 3 aromatic rings. The number of rotatable bonds is 10. The lowest BCUT2D eigenvalue weighted by Crippen LogP contribution is -2.43. The van der Waals surface area contributed by atoms with Crippen LogP contribution in [0.25, 0.3) is 22.4 Å². The Kier molecular flexibility index (Phi) is 9.45. The van der Waals surface area contributed by atoms with Crippen molar-refractivity contribution in [1.82, 2.24) is 24.3 Å². The lowest BCUT2D eigenvalue weighted by molar-refractivity contribution is -0.231. The zero-order valence-electron chi connectivity index (χ0n) is 28.7. The van der Waals surface area contributed by atoms with Crippen LogP contribution in [0.15, 0.2) is 30.6 Å². The fraction of sp³-hybridized carbons (Fsp3) is 0.657. The number of nitrogens with zero attached hydrogens (tertiary/aromatic N) is 6. The molecule has 5 heterocycles. The number of aromatic nitrogens is 3. The van der Waals surface area contributed by atoms with Gasteiger partial charge in [0.15, 0.2) is 5.65 Å². The van der Waals surface area contributed by atoms with Gasteiger partial charge in [0.2, 0.25) is 5.79 Å². The lowest BCUT2D eigenvalue weighted by atomic mass is 9.81. The van der Waals surface area contributed by atoms with Crippen molar-refractivity contribution in [2.24, 2.45) is 5.41 Å². The van der Waals surface area contributed by atoms with Crippen LogP contribution in [0, 0.1) is 5.41 Å². The first-order chi connectivity index (χ1) is 21.4. The van der Waals surface area contributed by atoms with E-state index in [1.807, 2.05) is 6.20 Å². The minimum atomic E-state index is -1.19. The van der Waals surface area contributed by atoms with Gasteiger partial charge >= 0.3 is 0 Å². The van der Waals surface area contributed by atoms with Crippen molar-refractivity contribution in [1.29, 1.82) is 0 Å². The molecule has 2 aromatic heterocycles. The van der Waals surface area contributed by atoms with Crippen molar-refractivity contribution in [3.05, 3.63) is 41.7 Å². The summed E-state index contributed by atoms with van der Waals surface area (Å²) in [5, 5.41) is 0. The Morgan fingerprint density at radius 1 is 0.956 bits per heavy atom. The maximum Gasteiger partial charge on any atom is 0.203 e. The minimum Gasteiger partial charge on any atom is -0.372 e. The third-order valence-corrected chi connectivity index (χ3v) is 11.3. The highest BCUT2D eigenvalue weighted by Crippen LogP contribution is 2.48. The molecular formula is C35H54N6O3Si. The first-order valence-electron chi connectivity index (χ1n) is 16.9. The number of hydrogen-bond donors (Lipinski definition) is 0. The maximum absolute atomic E-state index is 6.47. The van der Waals surface area contributed by atoms with Gasteiger partial charge in [-0.2, -0.15) is 0 Å². The molecule has 0 saturated carbocycles. The molecule has 10 heteroatoms. The summed E-state index contributed by atoms with van der Waals surface area (Å²) in [5.74, 6) is -0.911. The molecule has 6 rings (SSSR count). The summed E-state index contributed by atoms with van der Waals surface area (Å²) in [4.78, 5) is 17.9. The van der Waals surface area contributed by atoms with E-state index in [1.165, 1.54) is 24.1 Å². The molecule has 3 saturated heterocycles. The predicted octanol–water partition coefficient (Wildman–Crippen LogP) is 6.00. The van der Waals surface area contributed by atoms with E-state index < -0.39 is 13.9 Å². The quantitative estimate of drug-likeness (QED) is 0.199. The highest BCUT2D eigenvalue weighted by atomic mass is 28.3. The SMILES string of the molecule is CN1CCN(Cc2cc(-c3cnc4c(n3)c(C3(C(C)(C)C)OCCO3)cn4COCC[Si](C)(C)C)cc(N3CCCC3)c2)CC1. The maximum atomic E-state index is 6.47. The highest BCUT2D eigenvalue weighted by Gasteiger charge is 2.51. The van der Waals surface area contributed by atoms with E-state index in [4.69, 9.17) is 24.2 Å². The molecule has 0 bridgehead atoms. The average molecular weight is 635 g/mol. The molecule has 1 aromatic carbocycles. The Hall–Kier alpha value is -2.34. The molecule has 0 radical (unpaired) electrons. The van der Waals surface area contributed by atoms with Gasteiger partial charge in [-0.05, 0) is 49.7 Å². The van der Waals surface area contributed by atoms with Crippen LogP contribution in [0.4, 0.5) is 5.69 Å². The smallest absolute Gasteiger partial charge is 0.203 e. The normalized spacial score (nSPS) is 20.1. The average Bonchev–Trinajstić information content (AvgIpc) is 3.76. The summed E-state index contributed by atoms with van der Waals surface area (Å²) < 4.78 is 21.2. The molecule has 9 nitrogen and oxygen atoms in total. The van der Waals surface area contributed by atoms with E-state index in [1.54, 1.807) is 0 Å². The van der Waals surface area contributed by atoms with Crippen molar-refractivity contribution in [2.45, 2.75) is 78.4 Å². The van der Waals surface area contributed by atoms with Crippen LogP contribution < -0.4 is 4.90 Å². The van der Waals surface area contributed by atoms with Crippen LogP contribution in [-0.4, -0.2) is 98.5 Å². The number of piperazine rings is 1. The third-order valence-electron chi connectivity index (χ3n) is 9.57. The highest BCUT2D eigenvalue weighted by molar-refractivity contribution is 6.76. The van der Waals surface area contributed by atoms with Crippen LogP contribution in [0.1, 0.15) is 44.7 Å². The molecule has 0 N–H and O–H groups in total. The van der Waals surface area contributed by atoms with E-state index in [0.29, 0.717) is 19.9 Å². The van der Waals surface area contributed by atoms with Crippen molar-refractivity contribution < 1.29 is 14.2 Å². The number of likely N-dealkylation sites (N-methyl/N-ethyl adjacent to an activating group) is 1. The van der Waals surface area contributed by atoms with Crippen LogP contribution >= 0.6 is 0 Å². The van der Waals surface area contributed by atoms with E-state index in [2.05, 4.69) is 91.1 Å². The van der Waals surface area contributed by atoms with Crippen molar-refractivity contribution in [3.63, 3.8) is 0 Å². The van der Waals surface area contributed by atoms with Gasteiger partial charge in [-0.25, -0.2) is 9.97 Å². The van der Waals surface area contributed by atoms with Gasteiger partial charge in [0.25, 0.3) is 0 Å². The molecule has 0 atom stereocenters. The van der Waals surface area contributed by atoms with Crippen LogP contribution in [0.2, 0.25) is 25.7 Å². The number of benzene rings is 1. The van der Waals surface area contributed by atoms with Crippen molar-refractivity contribution in [2.75, 3.05) is 71.0 Å².